The first-order chi connectivity index (χ1) is 17.0. The van der Waals surface area contributed by atoms with Crippen LogP contribution in [0.2, 0.25) is 0 Å². The Kier molecular flexibility index (Phi) is 6.35. The molecule has 6 rings (SSSR count). The minimum atomic E-state index is -0.617. The third-order valence-corrected chi connectivity index (χ3v) is 6.56. The fraction of sp³-hybridized carbons (Fsp3) is 0.417. The van der Waals surface area contributed by atoms with E-state index in [2.05, 4.69) is 25.0 Å². The van der Waals surface area contributed by atoms with Crippen LogP contribution in [-0.4, -0.2) is 61.5 Å². The zero-order valence-electron chi connectivity index (χ0n) is 19.4. The van der Waals surface area contributed by atoms with Crippen LogP contribution in [0.4, 0.5) is 10.2 Å². The number of amides is 1. The molecular formula is C24H28FN7O3. The monoisotopic (exact) mass is 481 g/mol. The van der Waals surface area contributed by atoms with Gasteiger partial charge in [0.2, 0.25) is 0 Å². The van der Waals surface area contributed by atoms with Crippen molar-refractivity contribution in [3.63, 3.8) is 0 Å². The first-order valence-corrected chi connectivity index (χ1v) is 11.7. The van der Waals surface area contributed by atoms with Crippen LogP contribution in [0.15, 0.2) is 30.7 Å². The first-order valence-electron chi connectivity index (χ1n) is 11.7. The number of primary amides is 1. The summed E-state index contributed by atoms with van der Waals surface area (Å²) in [5, 5.41) is 16.4. The zero-order chi connectivity index (χ0) is 24.5. The van der Waals surface area contributed by atoms with Gasteiger partial charge >= 0.3 is 0 Å². The Morgan fingerprint density at radius 3 is 2.57 bits per heavy atom. The summed E-state index contributed by atoms with van der Waals surface area (Å²) >= 11 is 0. The van der Waals surface area contributed by atoms with Gasteiger partial charge in [0.05, 0.1) is 24.2 Å². The topological polar surface area (TPSA) is 133 Å². The summed E-state index contributed by atoms with van der Waals surface area (Å²) < 4.78 is 23.2. The van der Waals surface area contributed by atoms with Crippen LogP contribution < -0.4 is 11.1 Å². The van der Waals surface area contributed by atoms with E-state index in [1.165, 1.54) is 29.4 Å². The van der Waals surface area contributed by atoms with Gasteiger partial charge in [0.25, 0.3) is 5.91 Å². The molecule has 184 valence electrons. The molecule has 35 heavy (non-hydrogen) atoms. The number of ether oxygens (including phenoxy) is 1. The molecule has 0 bridgehead atoms. The molecule has 0 atom stereocenters. The van der Waals surface area contributed by atoms with Gasteiger partial charge in [-0.2, -0.15) is 9.61 Å². The number of rotatable bonds is 4. The molecule has 1 saturated heterocycles. The molecule has 0 aromatic carbocycles. The van der Waals surface area contributed by atoms with E-state index >= 15 is 0 Å². The number of nitrogens with two attached hydrogens (primary N) is 1. The quantitative estimate of drug-likeness (QED) is 0.408. The summed E-state index contributed by atoms with van der Waals surface area (Å²) in [5.74, 6) is -0.418. The fourth-order valence-electron chi connectivity index (χ4n) is 4.39. The van der Waals surface area contributed by atoms with Gasteiger partial charge in [0.15, 0.2) is 5.65 Å². The standard InChI is InChI=1S/C20H20FN7O2.C4H8O/c1-23-17-7-16(26-20-14(18(22)29)9-25-28(17)20)15-10-27(12-2-4-30-5-3-12)19-13(15)6-11(21)8-24-19;5-4-2-1-3-4/h6-10,12,23H,2-5H2,1H3,(H2,22,29);4-5H,1-3H2. The minimum Gasteiger partial charge on any atom is -0.393 e. The number of carbonyl (C=O) groups is 1. The number of aliphatic hydroxyl groups excluding tert-OH is 1. The van der Waals surface area contributed by atoms with Gasteiger partial charge in [-0.25, -0.2) is 14.4 Å². The molecular weight excluding hydrogens is 453 g/mol. The second-order valence-electron chi connectivity index (χ2n) is 8.84. The summed E-state index contributed by atoms with van der Waals surface area (Å²) in [4.78, 5) is 20.8. The molecule has 4 N–H and O–H groups in total. The number of hydrogen-bond acceptors (Lipinski definition) is 7. The van der Waals surface area contributed by atoms with Crippen molar-refractivity contribution in [2.45, 2.75) is 44.2 Å². The predicted molar refractivity (Wildman–Crippen MR) is 129 cm³/mol. The van der Waals surface area contributed by atoms with Crippen molar-refractivity contribution in [2.75, 3.05) is 25.6 Å². The summed E-state index contributed by atoms with van der Waals surface area (Å²) in [5.41, 5.74) is 8.01. The predicted octanol–water partition coefficient (Wildman–Crippen LogP) is 2.91. The van der Waals surface area contributed by atoms with Crippen LogP contribution in [0.25, 0.3) is 27.9 Å². The van der Waals surface area contributed by atoms with Crippen LogP contribution in [0.3, 0.4) is 0 Å². The zero-order valence-corrected chi connectivity index (χ0v) is 19.4. The van der Waals surface area contributed by atoms with Crippen molar-refractivity contribution in [3.8, 4) is 11.3 Å². The normalized spacial score (nSPS) is 16.7. The van der Waals surface area contributed by atoms with Gasteiger partial charge in [-0.15, -0.1) is 0 Å². The van der Waals surface area contributed by atoms with E-state index in [4.69, 9.17) is 15.6 Å². The highest BCUT2D eigenvalue weighted by molar-refractivity contribution is 6.00. The average Bonchev–Trinajstić information content (AvgIpc) is 3.44. The number of nitrogens with zero attached hydrogens (tertiary/aromatic N) is 5. The number of aromatic nitrogens is 5. The van der Waals surface area contributed by atoms with Gasteiger partial charge in [-0.3, -0.25) is 4.79 Å². The summed E-state index contributed by atoms with van der Waals surface area (Å²) in [7, 11) is 1.75. The van der Waals surface area contributed by atoms with Gasteiger partial charge in [0, 0.05) is 49.5 Å². The van der Waals surface area contributed by atoms with E-state index in [0.29, 0.717) is 41.4 Å². The Labute approximate surface area is 200 Å². The second kappa shape index (κ2) is 9.59. The number of nitrogens with one attached hydrogen (secondary N) is 1. The van der Waals surface area contributed by atoms with E-state index in [0.717, 1.165) is 31.2 Å². The highest BCUT2D eigenvalue weighted by Gasteiger charge is 2.23. The molecule has 0 radical (unpaired) electrons. The van der Waals surface area contributed by atoms with E-state index < -0.39 is 11.7 Å². The van der Waals surface area contributed by atoms with Crippen LogP contribution >= 0.6 is 0 Å². The molecule has 1 saturated carbocycles. The van der Waals surface area contributed by atoms with Crippen LogP contribution in [-0.2, 0) is 4.74 Å². The summed E-state index contributed by atoms with van der Waals surface area (Å²) in [6.45, 7) is 1.35. The van der Waals surface area contributed by atoms with Crippen molar-refractivity contribution in [3.05, 3.63) is 42.1 Å². The van der Waals surface area contributed by atoms with E-state index in [1.54, 1.807) is 13.1 Å². The van der Waals surface area contributed by atoms with Crippen molar-refractivity contribution in [2.24, 2.45) is 5.73 Å². The highest BCUT2D eigenvalue weighted by Crippen LogP contribution is 2.35. The minimum absolute atomic E-state index is 0.0648. The average molecular weight is 482 g/mol. The smallest absolute Gasteiger partial charge is 0.254 e. The molecule has 2 aliphatic rings. The number of pyridine rings is 1. The molecule has 10 nitrogen and oxygen atoms in total. The number of anilines is 1. The molecule has 11 heteroatoms. The van der Waals surface area contributed by atoms with Gasteiger partial charge < -0.3 is 25.5 Å². The summed E-state index contributed by atoms with van der Waals surface area (Å²) in [6.07, 6.45) is 9.65. The van der Waals surface area contributed by atoms with Crippen molar-refractivity contribution >= 4 is 28.4 Å². The molecule has 2 fully saturated rings. The molecule has 1 aliphatic heterocycles. The molecule has 0 spiro atoms. The largest absolute Gasteiger partial charge is 0.393 e. The van der Waals surface area contributed by atoms with Gasteiger partial charge in [-0.05, 0) is 38.2 Å². The SMILES string of the molecule is CNc1cc(-c2cn(C3CCOCC3)c3ncc(F)cc23)nc2c(C(N)=O)cnn12.OC1CCC1. The lowest BCUT2D eigenvalue weighted by atomic mass is 9.97. The molecule has 1 aliphatic carbocycles. The lowest BCUT2D eigenvalue weighted by Crippen LogP contribution is -2.19. The number of hydrogen-bond donors (Lipinski definition) is 3. The maximum Gasteiger partial charge on any atom is 0.254 e. The molecule has 1 amide bonds. The maximum atomic E-state index is 14.1. The molecule has 5 heterocycles. The van der Waals surface area contributed by atoms with Crippen LogP contribution in [0.1, 0.15) is 48.5 Å². The maximum absolute atomic E-state index is 14.1. The van der Waals surface area contributed by atoms with E-state index in [-0.39, 0.29) is 17.7 Å². The Hall–Kier alpha value is -3.57. The third-order valence-electron chi connectivity index (χ3n) is 6.56. The molecule has 0 unspecified atom stereocenters. The van der Waals surface area contributed by atoms with Crippen molar-refractivity contribution < 1.29 is 19.0 Å². The Morgan fingerprint density at radius 1 is 1.20 bits per heavy atom. The Balaban J connectivity index is 0.000000453. The van der Waals surface area contributed by atoms with Gasteiger partial charge in [-0.1, -0.05) is 0 Å². The molecule has 4 aromatic heterocycles. The lowest BCUT2D eigenvalue weighted by Gasteiger charge is -2.24. The number of halogens is 1. The first kappa shape index (κ1) is 23.2. The Morgan fingerprint density at radius 2 is 1.94 bits per heavy atom. The number of carbonyl (C=O) groups excluding carboxylic acids is 1. The Bertz CT molecular complexity index is 1370. The molecule has 4 aromatic rings. The lowest BCUT2D eigenvalue weighted by molar-refractivity contribution is 0.0706. The van der Waals surface area contributed by atoms with E-state index in [9.17, 15) is 9.18 Å². The van der Waals surface area contributed by atoms with Gasteiger partial charge in [0.1, 0.15) is 22.8 Å². The number of fused-ring (bicyclic) bond motifs is 2. The fourth-order valence-corrected chi connectivity index (χ4v) is 4.39. The number of aliphatic hydroxyl groups is 1. The third kappa shape index (κ3) is 4.44. The van der Waals surface area contributed by atoms with Crippen LogP contribution in [0.5, 0.6) is 0 Å². The second-order valence-corrected chi connectivity index (χ2v) is 8.84. The summed E-state index contributed by atoms with van der Waals surface area (Å²) in [6, 6.07) is 3.47. The van der Waals surface area contributed by atoms with Crippen LogP contribution in [0, 0.1) is 5.82 Å². The van der Waals surface area contributed by atoms with E-state index in [1.807, 2.05) is 6.20 Å². The van der Waals surface area contributed by atoms with Crippen molar-refractivity contribution in [1.82, 2.24) is 24.1 Å². The van der Waals surface area contributed by atoms with Crippen molar-refractivity contribution in [1.29, 1.82) is 0 Å². The highest BCUT2D eigenvalue weighted by atomic mass is 19.1.